The number of esters is 2. The topological polar surface area (TPSA) is 74.2 Å². The van der Waals surface area contributed by atoms with Gasteiger partial charge >= 0.3 is 11.9 Å². The average molecular weight is 265 g/mol. The molecule has 1 rings (SSSR count). The van der Waals surface area contributed by atoms with Crippen LogP contribution in [0.3, 0.4) is 0 Å². The molecule has 0 atom stereocenters. The van der Waals surface area contributed by atoms with E-state index in [4.69, 9.17) is 4.74 Å². The summed E-state index contributed by atoms with van der Waals surface area (Å²) in [5.41, 5.74) is 0.396. The lowest BCUT2D eigenvalue weighted by molar-refractivity contribution is -0.140. The number of para-hydroxylation sites is 2. The molecule has 0 saturated heterocycles. The molecule has 0 fully saturated rings. The second-order valence-corrected chi connectivity index (χ2v) is 3.47. The van der Waals surface area contributed by atoms with E-state index in [-0.39, 0.29) is 12.1 Å². The number of hydrogen-bond donors (Lipinski definition) is 0. The normalized spacial score (nSPS) is 10.8. The highest BCUT2D eigenvalue weighted by Crippen LogP contribution is 2.26. The van der Waals surface area contributed by atoms with E-state index in [1.165, 1.54) is 21.3 Å². The molecular weight excluding hydrogens is 250 g/mol. The lowest BCUT2D eigenvalue weighted by Crippen LogP contribution is -2.20. The van der Waals surface area contributed by atoms with E-state index in [9.17, 15) is 9.59 Å². The molecule has 0 amide bonds. The number of rotatable bonds is 5. The SMILES string of the molecule is COC(=O)CC(=Nc1ccccc1OC)C(=O)OC. The van der Waals surface area contributed by atoms with Crippen molar-refractivity contribution in [2.45, 2.75) is 6.42 Å². The maximum absolute atomic E-state index is 11.6. The third-order valence-corrected chi connectivity index (χ3v) is 2.30. The van der Waals surface area contributed by atoms with Crippen molar-refractivity contribution in [1.29, 1.82) is 0 Å². The van der Waals surface area contributed by atoms with Gasteiger partial charge in [0, 0.05) is 0 Å². The molecule has 1 aromatic carbocycles. The Bertz CT molecular complexity index is 496. The molecule has 6 heteroatoms. The van der Waals surface area contributed by atoms with Crippen molar-refractivity contribution < 1.29 is 23.8 Å². The fraction of sp³-hybridized carbons (Fsp3) is 0.308. The van der Waals surface area contributed by atoms with Crippen molar-refractivity contribution in [3.05, 3.63) is 24.3 Å². The van der Waals surface area contributed by atoms with Crippen LogP contribution in [0.15, 0.2) is 29.3 Å². The first-order chi connectivity index (χ1) is 9.12. The first kappa shape index (κ1) is 14.7. The Hall–Kier alpha value is -2.37. The summed E-state index contributed by atoms with van der Waals surface area (Å²) in [7, 11) is 3.95. The van der Waals surface area contributed by atoms with Crippen LogP contribution in [0, 0.1) is 0 Å². The number of methoxy groups -OCH3 is 3. The smallest absolute Gasteiger partial charge is 0.353 e. The Labute approximate surface area is 111 Å². The molecule has 0 bridgehead atoms. The van der Waals surface area contributed by atoms with Gasteiger partial charge in [-0.1, -0.05) is 12.1 Å². The second-order valence-electron chi connectivity index (χ2n) is 3.47. The van der Waals surface area contributed by atoms with Gasteiger partial charge in [-0.15, -0.1) is 0 Å². The van der Waals surface area contributed by atoms with Crippen LogP contribution in [-0.4, -0.2) is 39.0 Å². The maximum Gasteiger partial charge on any atom is 0.353 e. The Morgan fingerprint density at radius 2 is 1.79 bits per heavy atom. The van der Waals surface area contributed by atoms with Gasteiger partial charge in [-0.05, 0) is 12.1 Å². The fourth-order valence-corrected chi connectivity index (χ4v) is 1.35. The molecule has 0 aromatic heterocycles. The van der Waals surface area contributed by atoms with Gasteiger partial charge in [0.05, 0.1) is 27.8 Å². The predicted molar refractivity (Wildman–Crippen MR) is 68.7 cm³/mol. The molecule has 0 N–H and O–H groups in total. The number of nitrogens with zero attached hydrogens (tertiary/aromatic N) is 1. The van der Waals surface area contributed by atoms with Crippen LogP contribution in [0.25, 0.3) is 0 Å². The monoisotopic (exact) mass is 265 g/mol. The summed E-state index contributed by atoms with van der Waals surface area (Å²) in [6.45, 7) is 0. The summed E-state index contributed by atoms with van der Waals surface area (Å²) in [5, 5.41) is 0. The van der Waals surface area contributed by atoms with Crippen molar-refractivity contribution in [2.24, 2.45) is 4.99 Å². The highest BCUT2D eigenvalue weighted by molar-refractivity contribution is 6.39. The molecule has 0 radical (unpaired) electrons. The molecule has 1 aromatic rings. The summed E-state index contributed by atoms with van der Waals surface area (Å²) in [6, 6.07) is 6.88. The molecular formula is C13H15NO5. The van der Waals surface area contributed by atoms with E-state index < -0.39 is 11.9 Å². The van der Waals surface area contributed by atoms with Crippen molar-refractivity contribution in [1.82, 2.24) is 0 Å². The number of carbonyl (C=O) groups is 2. The summed E-state index contributed by atoms with van der Waals surface area (Å²) < 4.78 is 14.2. The minimum Gasteiger partial charge on any atom is -0.494 e. The molecule has 0 aliphatic heterocycles. The molecule has 6 nitrogen and oxygen atoms in total. The third kappa shape index (κ3) is 4.09. The molecule has 0 aliphatic rings. The zero-order valence-electron chi connectivity index (χ0n) is 11.0. The number of carbonyl (C=O) groups excluding carboxylic acids is 2. The van der Waals surface area contributed by atoms with Gasteiger partial charge < -0.3 is 14.2 Å². The average Bonchev–Trinajstić information content (AvgIpc) is 2.45. The third-order valence-electron chi connectivity index (χ3n) is 2.30. The van der Waals surface area contributed by atoms with Crippen LogP contribution in [0.5, 0.6) is 5.75 Å². The van der Waals surface area contributed by atoms with Crippen LogP contribution in [0.2, 0.25) is 0 Å². The summed E-state index contributed by atoms with van der Waals surface area (Å²) in [4.78, 5) is 26.9. The zero-order chi connectivity index (χ0) is 14.3. The van der Waals surface area contributed by atoms with Crippen molar-refractivity contribution in [3.63, 3.8) is 0 Å². The highest BCUT2D eigenvalue weighted by atomic mass is 16.5. The van der Waals surface area contributed by atoms with Crippen molar-refractivity contribution in [3.8, 4) is 5.75 Å². The summed E-state index contributed by atoms with van der Waals surface area (Å²) >= 11 is 0. The van der Waals surface area contributed by atoms with Crippen LogP contribution in [-0.2, 0) is 19.1 Å². The van der Waals surface area contributed by atoms with E-state index in [1.54, 1.807) is 24.3 Å². The minimum atomic E-state index is -0.684. The van der Waals surface area contributed by atoms with Crippen LogP contribution >= 0.6 is 0 Å². The molecule has 0 aliphatic carbocycles. The molecule has 0 unspecified atom stereocenters. The fourth-order valence-electron chi connectivity index (χ4n) is 1.35. The molecule has 0 saturated carbocycles. The van der Waals surface area contributed by atoms with Crippen molar-refractivity contribution in [2.75, 3.05) is 21.3 Å². The zero-order valence-corrected chi connectivity index (χ0v) is 11.0. The number of ether oxygens (including phenoxy) is 3. The van der Waals surface area contributed by atoms with Gasteiger partial charge in [0.15, 0.2) is 0 Å². The van der Waals surface area contributed by atoms with E-state index in [0.29, 0.717) is 11.4 Å². The summed E-state index contributed by atoms with van der Waals surface area (Å²) in [6.07, 6.45) is -0.263. The lowest BCUT2D eigenvalue weighted by Gasteiger charge is -2.06. The van der Waals surface area contributed by atoms with Gasteiger partial charge in [-0.25, -0.2) is 9.79 Å². The quantitative estimate of drug-likeness (QED) is 0.596. The van der Waals surface area contributed by atoms with E-state index >= 15 is 0 Å². The maximum atomic E-state index is 11.6. The van der Waals surface area contributed by atoms with Crippen LogP contribution < -0.4 is 4.74 Å². The number of aliphatic imine (C=N–C) groups is 1. The van der Waals surface area contributed by atoms with E-state index in [0.717, 1.165) is 0 Å². The van der Waals surface area contributed by atoms with E-state index in [1.807, 2.05) is 0 Å². The van der Waals surface area contributed by atoms with Gasteiger partial charge in [0.2, 0.25) is 0 Å². The van der Waals surface area contributed by atoms with Gasteiger partial charge in [0.1, 0.15) is 17.1 Å². The standard InChI is InChI=1S/C13H15NO5/c1-17-11-7-5-4-6-9(11)14-10(13(16)19-3)8-12(15)18-2/h4-7H,8H2,1-3H3. The van der Waals surface area contributed by atoms with Crippen LogP contribution in [0.4, 0.5) is 5.69 Å². The Morgan fingerprint density at radius 3 is 2.37 bits per heavy atom. The first-order valence-electron chi connectivity index (χ1n) is 5.48. The summed E-state index contributed by atoms with van der Waals surface area (Å²) in [5.74, 6) is -0.760. The van der Waals surface area contributed by atoms with Gasteiger partial charge in [0.25, 0.3) is 0 Å². The predicted octanol–water partition coefficient (Wildman–Crippen LogP) is 1.50. The molecule has 0 heterocycles. The van der Waals surface area contributed by atoms with Crippen molar-refractivity contribution >= 4 is 23.3 Å². The first-order valence-corrected chi connectivity index (χ1v) is 5.48. The highest BCUT2D eigenvalue weighted by Gasteiger charge is 2.17. The van der Waals surface area contributed by atoms with E-state index in [2.05, 4.69) is 14.5 Å². The van der Waals surface area contributed by atoms with Gasteiger partial charge in [-0.3, -0.25) is 4.79 Å². The Balaban J connectivity index is 3.11. The number of hydrogen-bond acceptors (Lipinski definition) is 6. The molecule has 0 spiro atoms. The Kier molecular flexibility index (Phi) is 5.53. The lowest BCUT2D eigenvalue weighted by atomic mass is 10.2. The molecule has 102 valence electrons. The Morgan fingerprint density at radius 1 is 1.11 bits per heavy atom. The molecule has 19 heavy (non-hydrogen) atoms. The van der Waals surface area contributed by atoms with Crippen LogP contribution in [0.1, 0.15) is 6.42 Å². The van der Waals surface area contributed by atoms with Gasteiger partial charge in [-0.2, -0.15) is 0 Å². The largest absolute Gasteiger partial charge is 0.494 e. The second kappa shape index (κ2) is 7.15. The number of benzene rings is 1. The minimum absolute atomic E-state index is 0.0427.